The zero-order valence-corrected chi connectivity index (χ0v) is 17.2. The maximum Gasteiger partial charge on any atom is 0.321 e. The lowest BCUT2D eigenvalue weighted by atomic mass is 10.3. The second kappa shape index (κ2) is 8.38. The zero-order valence-electron chi connectivity index (χ0n) is 15.6. The third kappa shape index (κ3) is 4.40. The van der Waals surface area contributed by atoms with Gasteiger partial charge in [-0.1, -0.05) is 11.6 Å². The van der Waals surface area contributed by atoms with Gasteiger partial charge >= 0.3 is 6.03 Å². The number of aryl methyl sites for hydroxylation is 1. The molecular weight excluding hydrogens is 406 g/mol. The molecule has 11 heteroatoms. The summed E-state index contributed by atoms with van der Waals surface area (Å²) in [5.41, 5.74) is 0.462. The van der Waals surface area contributed by atoms with E-state index in [1.165, 1.54) is 28.5 Å². The van der Waals surface area contributed by atoms with E-state index in [1.54, 1.807) is 30.1 Å². The summed E-state index contributed by atoms with van der Waals surface area (Å²) in [5.74, 6) is 0.494. The largest absolute Gasteiger partial charge is 0.495 e. The lowest BCUT2D eigenvalue weighted by molar-refractivity contribution is 0.214. The number of benzene rings is 1. The van der Waals surface area contributed by atoms with Crippen LogP contribution in [-0.4, -0.2) is 66.7 Å². The monoisotopic (exact) mass is 427 g/mol. The molecule has 0 aliphatic carbocycles. The fourth-order valence-electron chi connectivity index (χ4n) is 2.99. The second-order valence-electron chi connectivity index (χ2n) is 6.37. The van der Waals surface area contributed by atoms with E-state index in [0.717, 1.165) is 0 Å². The van der Waals surface area contributed by atoms with E-state index >= 15 is 0 Å². The topological polar surface area (TPSA) is 96.8 Å². The van der Waals surface area contributed by atoms with Gasteiger partial charge in [-0.3, -0.25) is 4.68 Å². The molecule has 1 aliphatic heterocycles. The smallest absolute Gasteiger partial charge is 0.321 e. The Morgan fingerprint density at radius 3 is 2.71 bits per heavy atom. The summed E-state index contributed by atoms with van der Waals surface area (Å²) in [6, 6.07) is 4.61. The Labute approximate surface area is 168 Å². The summed E-state index contributed by atoms with van der Waals surface area (Å²) in [5, 5.41) is 7.19. The Bertz CT molecular complexity index is 962. The number of nitrogens with one attached hydrogen (secondary N) is 1. The molecule has 0 spiro atoms. The highest BCUT2D eigenvalue weighted by Crippen LogP contribution is 2.28. The average Bonchev–Trinajstić information content (AvgIpc) is 2.94. The highest BCUT2D eigenvalue weighted by atomic mass is 35.5. The quantitative estimate of drug-likeness (QED) is 0.805. The van der Waals surface area contributed by atoms with Crippen molar-refractivity contribution in [3.05, 3.63) is 35.6 Å². The minimum atomic E-state index is -3.63. The van der Waals surface area contributed by atoms with E-state index in [9.17, 15) is 13.2 Å². The van der Waals surface area contributed by atoms with Crippen molar-refractivity contribution in [1.29, 1.82) is 0 Å². The van der Waals surface area contributed by atoms with Crippen molar-refractivity contribution >= 4 is 33.3 Å². The average molecular weight is 428 g/mol. The first-order valence-corrected chi connectivity index (χ1v) is 10.5. The van der Waals surface area contributed by atoms with Crippen LogP contribution < -0.4 is 10.1 Å². The summed E-state index contributed by atoms with van der Waals surface area (Å²) in [6.07, 6.45) is 3.33. The lowest BCUT2D eigenvalue weighted by Crippen LogP contribution is -2.39. The number of carbonyl (C=O) groups is 1. The minimum absolute atomic E-state index is 0.150. The van der Waals surface area contributed by atoms with Crippen molar-refractivity contribution in [1.82, 2.24) is 19.0 Å². The van der Waals surface area contributed by atoms with Gasteiger partial charge in [-0.05, 0) is 24.6 Å². The third-order valence-corrected chi connectivity index (χ3v) is 6.55. The number of rotatable bonds is 4. The Balaban J connectivity index is 1.68. The molecule has 0 unspecified atom stereocenters. The van der Waals surface area contributed by atoms with Crippen LogP contribution >= 0.6 is 11.6 Å². The van der Waals surface area contributed by atoms with Crippen LogP contribution in [0.5, 0.6) is 5.75 Å². The van der Waals surface area contributed by atoms with Gasteiger partial charge in [-0.25, -0.2) is 13.2 Å². The highest BCUT2D eigenvalue weighted by Gasteiger charge is 2.29. The third-order valence-electron chi connectivity index (χ3n) is 4.46. The van der Waals surface area contributed by atoms with Crippen LogP contribution in [0.3, 0.4) is 0 Å². The number of sulfonamides is 1. The number of anilines is 1. The summed E-state index contributed by atoms with van der Waals surface area (Å²) in [7, 11) is -0.464. The number of ether oxygens (including phenoxy) is 1. The Kier molecular flexibility index (Phi) is 6.11. The summed E-state index contributed by atoms with van der Waals surface area (Å²) in [6.45, 7) is 1.25. The Hall–Kier alpha value is -2.30. The first-order chi connectivity index (χ1) is 13.3. The van der Waals surface area contributed by atoms with Gasteiger partial charge in [0.25, 0.3) is 0 Å². The molecule has 2 amide bonds. The summed E-state index contributed by atoms with van der Waals surface area (Å²) < 4.78 is 33.6. The molecule has 2 heterocycles. The van der Waals surface area contributed by atoms with Crippen LogP contribution in [0.1, 0.15) is 6.42 Å². The highest BCUT2D eigenvalue weighted by molar-refractivity contribution is 7.89. The van der Waals surface area contributed by atoms with Crippen molar-refractivity contribution in [2.45, 2.75) is 11.3 Å². The molecule has 1 aliphatic rings. The lowest BCUT2D eigenvalue weighted by Gasteiger charge is -2.22. The molecule has 1 fully saturated rings. The molecule has 0 atom stereocenters. The van der Waals surface area contributed by atoms with Gasteiger partial charge in [-0.2, -0.15) is 9.40 Å². The molecule has 1 saturated heterocycles. The van der Waals surface area contributed by atoms with E-state index in [0.29, 0.717) is 36.0 Å². The number of methoxy groups -OCH3 is 1. The molecule has 152 valence electrons. The van der Waals surface area contributed by atoms with Crippen molar-refractivity contribution < 1.29 is 17.9 Å². The molecule has 0 saturated carbocycles. The number of amides is 2. The number of nitrogens with zero attached hydrogens (tertiary/aromatic N) is 4. The van der Waals surface area contributed by atoms with Crippen molar-refractivity contribution in [2.75, 3.05) is 38.6 Å². The normalized spacial score (nSPS) is 15.9. The first kappa shape index (κ1) is 20.4. The minimum Gasteiger partial charge on any atom is -0.495 e. The van der Waals surface area contributed by atoms with Gasteiger partial charge in [0, 0.05) is 44.4 Å². The van der Waals surface area contributed by atoms with Gasteiger partial charge in [0.1, 0.15) is 10.6 Å². The van der Waals surface area contributed by atoms with E-state index < -0.39 is 10.0 Å². The maximum absolute atomic E-state index is 12.8. The predicted octanol–water partition coefficient (Wildman–Crippen LogP) is 2.01. The van der Waals surface area contributed by atoms with Crippen molar-refractivity contribution in [2.24, 2.45) is 7.05 Å². The van der Waals surface area contributed by atoms with Gasteiger partial charge in [0.05, 0.1) is 19.0 Å². The molecule has 2 aromatic rings. The van der Waals surface area contributed by atoms with Gasteiger partial charge in [0.2, 0.25) is 10.0 Å². The molecule has 28 heavy (non-hydrogen) atoms. The summed E-state index contributed by atoms with van der Waals surface area (Å²) in [4.78, 5) is 14.4. The van der Waals surface area contributed by atoms with Crippen molar-refractivity contribution in [3.8, 4) is 5.75 Å². The predicted molar refractivity (Wildman–Crippen MR) is 105 cm³/mol. The molecular formula is C17H22ClN5O4S. The molecule has 1 aromatic heterocycles. The number of halogens is 1. The van der Waals surface area contributed by atoms with E-state index in [4.69, 9.17) is 16.3 Å². The van der Waals surface area contributed by atoms with Gasteiger partial charge < -0.3 is 15.0 Å². The summed E-state index contributed by atoms with van der Waals surface area (Å²) >= 11 is 6.00. The molecule has 3 rings (SSSR count). The maximum atomic E-state index is 12.8. The van der Waals surface area contributed by atoms with Crippen LogP contribution in [0, 0.1) is 0 Å². The van der Waals surface area contributed by atoms with Crippen LogP contribution in [0.4, 0.5) is 10.5 Å². The number of hydrogen-bond acceptors (Lipinski definition) is 5. The van der Waals surface area contributed by atoms with Crippen LogP contribution in [-0.2, 0) is 17.1 Å². The number of carbonyl (C=O) groups excluding carboxylic acids is 1. The molecule has 0 bridgehead atoms. The zero-order chi connectivity index (χ0) is 20.3. The van der Waals surface area contributed by atoms with E-state index in [2.05, 4.69) is 10.4 Å². The fourth-order valence-corrected chi connectivity index (χ4v) is 4.62. The van der Waals surface area contributed by atoms with E-state index in [-0.39, 0.29) is 24.0 Å². The second-order valence-corrected chi connectivity index (χ2v) is 8.74. The Morgan fingerprint density at radius 1 is 1.25 bits per heavy atom. The van der Waals surface area contributed by atoms with Crippen LogP contribution in [0.25, 0.3) is 0 Å². The van der Waals surface area contributed by atoms with Gasteiger partial charge in [-0.15, -0.1) is 0 Å². The van der Waals surface area contributed by atoms with Crippen LogP contribution in [0.2, 0.25) is 5.02 Å². The molecule has 9 nitrogen and oxygen atoms in total. The standard InChI is InChI=1S/C17H22ClN5O4S/c1-21-12-14(11-19-21)28(25,26)23-7-3-6-22(8-9-23)17(24)20-15-10-13(18)4-5-16(15)27-2/h4-5,10-12H,3,6-9H2,1-2H3,(H,20,24). The SMILES string of the molecule is COc1ccc(Cl)cc1NC(=O)N1CCCN(S(=O)(=O)c2cnn(C)c2)CC1. The van der Waals surface area contributed by atoms with Gasteiger partial charge in [0.15, 0.2) is 0 Å². The van der Waals surface area contributed by atoms with Crippen molar-refractivity contribution in [3.63, 3.8) is 0 Å². The fraction of sp³-hybridized carbons (Fsp3) is 0.412. The Morgan fingerprint density at radius 2 is 2.04 bits per heavy atom. The first-order valence-electron chi connectivity index (χ1n) is 8.69. The molecule has 0 radical (unpaired) electrons. The molecule has 1 N–H and O–H groups in total. The number of aromatic nitrogens is 2. The number of urea groups is 1. The number of hydrogen-bond donors (Lipinski definition) is 1. The van der Waals surface area contributed by atoms with Crippen LogP contribution in [0.15, 0.2) is 35.5 Å². The molecule has 1 aromatic carbocycles. The van der Waals surface area contributed by atoms with E-state index in [1.807, 2.05) is 0 Å².